The van der Waals surface area contributed by atoms with Crippen molar-refractivity contribution in [2.45, 2.75) is 13.5 Å². The van der Waals surface area contributed by atoms with Gasteiger partial charge in [0.15, 0.2) is 0 Å². The maximum atomic E-state index is 12.4. The highest BCUT2D eigenvalue weighted by Crippen LogP contribution is 2.12. The molecule has 0 spiro atoms. The van der Waals surface area contributed by atoms with Crippen LogP contribution in [0.3, 0.4) is 0 Å². The number of nitrogens with one attached hydrogen (secondary N) is 2. The number of pyridine rings is 1. The summed E-state index contributed by atoms with van der Waals surface area (Å²) in [7, 11) is 0. The predicted octanol–water partition coefficient (Wildman–Crippen LogP) is 3.44. The lowest BCUT2D eigenvalue weighted by Gasteiger charge is -2.09. The standard InChI is InChI=1S/C22H18N4O2/c1-15-5-2-3-7-18(15)14-25-21(27)17-9-10-24-20(12-17)22(28)26-19-8-4-6-16(11-19)13-23/h2-12H,14H2,1H3,(H,25,27)(H,26,28). The summed E-state index contributed by atoms with van der Waals surface area (Å²) in [5, 5.41) is 14.5. The highest BCUT2D eigenvalue weighted by Gasteiger charge is 2.12. The fourth-order valence-corrected chi connectivity index (χ4v) is 2.64. The van der Waals surface area contributed by atoms with Gasteiger partial charge in [-0.25, -0.2) is 0 Å². The molecule has 0 unspecified atom stereocenters. The lowest BCUT2D eigenvalue weighted by molar-refractivity contribution is 0.0950. The van der Waals surface area contributed by atoms with Gasteiger partial charge in [0.25, 0.3) is 11.8 Å². The molecule has 0 atom stereocenters. The van der Waals surface area contributed by atoms with Gasteiger partial charge < -0.3 is 10.6 Å². The van der Waals surface area contributed by atoms with Crippen molar-refractivity contribution in [1.29, 1.82) is 5.26 Å². The fourth-order valence-electron chi connectivity index (χ4n) is 2.64. The van der Waals surface area contributed by atoms with Gasteiger partial charge in [0, 0.05) is 24.0 Å². The van der Waals surface area contributed by atoms with E-state index >= 15 is 0 Å². The molecule has 0 aliphatic rings. The van der Waals surface area contributed by atoms with Crippen LogP contribution >= 0.6 is 0 Å². The molecular formula is C22H18N4O2. The lowest BCUT2D eigenvalue weighted by Crippen LogP contribution is -2.24. The van der Waals surface area contributed by atoms with Gasteiger partial charge in [0.05, 0.1) is 11.6 Å². The monoisotopic (exact) mass is 370 g/mol. The van der Waals surface area contributed by atoms with Crippen LogP contribution in [0.4, 0.5) is 5.69 Å². The van der Waals surface area contributed by atoms with Crippen LogP contribution in [-0.2, 0) is 6.54 Å². The molecule has 28 heavy (non-hydrogen) atoms. The number of rotatable bonds is 5. The minimum absolute atomic E-state index is 0.117. The van der Waals surface area contributed by atoms with Crippen LogP contribution in [0, 0.1) is 18.3 Å². The van der Waals surface area contributed by atoms with Crippen molar-refractivity contribution in [3.63, 3.8) is 0 Å². The Morgan fingerprint density at radius 2 is 1.86 bits per heavy atom. The molecule has 0 saturated carbocycles. The minimum atomic E-state index is -0.455. The van der Waals surface area contributed by atoms with Crippen molar-refractivity contribution in [2.24, 2.45) is 0 Å². The van der Waals surface area contributed by atoms with E-state index in [9.17, 15) is 9.59 Å². The molecule has 0 aliphatic heterocycles. The molecule has 6 heteroatoms. The Kier molecular flexibility index (Phi) is 5.78. The van der Waals surface area contributed by atoms with Crippen molar-refractivity contribution < 1.29 is 9.59 Å². The van der Waals surface area contributed by atoms with Crippen LogP contribution in [-0.4, -0.2) is 16.8 Å². The Bertz CT molecular complexity index is 1070. The second-order valence-electron chi connectivity index (χ2n) is 6.19. The number of anilines is 1. The smallest absolute Gasteiger partial charge is 0.274 e. The average molecular weight is 370 g/mol. The highest BCUT2D eigenvalue weighted by atomic mass is 16.2. The minimum Gasteiger partial charge on any atom is -0.348 e. The molecule has 0 aliphatic carbocycles. The number of nitrogens with zero attached hydrogens (tertiary/aromatic N) is 2. The van der Waals surface area contributed by atoms with Crippen LogP contribution in [0.5, 0.6) is 0 Å². The maximum Gasteiger partial charge on any atom is 0.274 e. The zero-order valence-electron chi connectivity index (χ0n) is 15.3. The van der Waals surface area contributed by atoms with E-state index in [0.29, 0.717) is 23.4 Å². The van der Waals surface area contributed by atoms with E-state index in [-0.39, 0.29) is 11.6 Å². The first-order chi connectivity index (χ1) is 13.6. The molecule has 0 fully saturated rings. The van der Waals surface area contributed by atoms with Crippen LogP contribution in [0.15, 0.2) is 66.9 Å². The SMILES string of the molecule is Cc1ccccc1CNC(=O)c1ccnc(C(=O)Nc2cccc(C#N)c2)c1. The number of carbonyl (C=O) groups is 2. The van der Waals surface area contributed by atoms with Crippen LogP contribution < -0.4 is 10.6 Å². The summed E-state index contributed by atoms with van der Waals surface area (Å²) in [6.45, 7) is 2.38. The van der Waals surface area contributed by atoms with Gasteiger partial charge in [0.1, 0.15) is 5.69 Å². The molecule has 2 N–H and O–H groups in total. The van der Waals surface area contributed by atoms with Gasteiger partial charge in [-0.2, -0.15) is 5.26 Å². The number of aryl methyl sites for hydroxylation is 1. The van der Waals surface area contributed by atoms with Crippen molar-refractivity contribution in [1.82, 2.24) is 10.3 Å². The largest absolute Gasteiger partial charge is 0.348 e. The fraction of sp³-hybridized carbons (Fsp3) is 0.0909. The third kappa shape index (κ3) is 4.59. The van der Waals surface area contributed by atoms with Gasteiger partial charge in [-0.15, -0.1) is 0 Å². The zero-order valence-corrected chi connectivity index (χ0v) is 15.3. The normalized spacial score (nSPS) is 10.0. The molecule has 138 valence electrons. The van der Waals surface area contributed by atoms with E-state index in [2.05, 4.69) is 15.6 Å². The number of hydrogen-bond acceptors (Lipinski definition) is 4. The summed E-state index contributed by atoms with van der Waals surface area (Å²) < 4.78 is 0. The summed E-state index contributed by atoms with van der Waals surface area (Å²) in [6, 6.07) is 19.4. The number of carbonyl (C=O) groups excluding carboxylic acids is 2. The Morgan fingerprint density at radius 3 is 2.64 bits per heavy atom. The van der Waals surface area contributed by atoms with E-state index < -0.39 is 5.91 Å². The second kappa shape index (κ2) is 8.60. The molecule has 2 amide bonds. The van der Waals surface area contributed by atoms with Crippen molar-refractivity contribution >= 4 is 17.5 Å². The van der Waals surface area contributed by atoms with E-state index in [1.165, 1.54) is 12.3 Å². The van der Waals surface area contributed by atoms with Crippen molar-refractivity contribution in [2.75, 3.05) is 5.32 Å². The third-order valence-corrected chi connectivity index (χ3v) is 4.20. The van der Waals surface area contributed by atoms with Gasteiger partial charge in [0.2, 0.25) is 0 Å². The molecular weight excluding hydrogens is 352 g/mol. The molecule has 6 nitrogen and oxygen atoms in total. The lowest BCUT2D eigenvalue weighted by atomic mass is 10.1. The summed E-state index contributed by atoms with van der Waals surface area (Å²) in [5.74, 6) is -0.741. The Hall–Kier alpha value is -3.98. The first kappa shape index (κ1) is 18.8. The summed E-state index contributed by atoms with van der Waals surface area (Å²) in [5.41, 5.74) is 3.51. The Labute approximate surface area is 162 Å². The summed E-state index contributed by atoms with van der Waals surface area (Å²) >= 11 is 0. The molecule has 3 rings (SSSR count). The van der Waals surface area contributed by atoms with Crippen molar-refractivity contribution in [3.05, 3.63) is 94.8 Å². The second-order valence-corrected chi connectivity index (χ2v) is 6.19. The molecule has 3 aromatic rings. The Morgan fingerprint density at radius 1 is 1.04 bits per heavy atom. The molecule has 0 saturated heterocycles. The number of hydrogen-bond donors (Lipinski definition) is 2. The van der Waals surface area contributed by atoms with Crippen LogP contribution in [0.2, 0.25) is 0 Å². The van der Waals surface area contributed by atoms with E-state index in [4.69, 9.17) is 5.26 Å². The zero-order chi connectivity index (χ0) is 19.9. The van der Waals surface area contributed by atoms with E-state index in [1.54, 1.807) is 30.3 Å². The third-order valence-electron chi connectivity index (χ3n) is 4.20. The number of aromatic nitrogens is 1. The molecule has 1 heterocycles. The van der Waals surface area contributed by atoms with Gasteiger partial charge in [-0.3, -0.25) is 14.6 Å². The average Bonchev–Trinajstić information content (AvgIpc) is 2.73. The topological polar surface area (TPSA) is 94.9 Å². The quantitative estimate of drug-likeness (QED) is 0.719. The predicted molar refractivity (Wildman–Crippen MR) is 106 cm³/mol. The number of nitriles is 1. The Balaban J connectivity index is 1.69. The van der Waals surface area contributed by atoms with Gasteiger partial charge in [-0.05, 0) is 48.4 Å². The van der Waals surface area contributed by atoms with E-state index in [1.807, 2.05) is 37.3 Å². The first-order valence-corrected chi connectivity index (χ1v) is 8.67. The van der Waals surface area contributed by atoms with Gasteiger partial charge >= 0.3 is 0 Å². The molecule has 2 aromatic carbocycles. The summed E-state index contributed by atoms with van der Waals surface area (Å²) in [4.78, 5) is 28.9. The highest BCUT2D eigenvalue weighted by molar-refractivity contribution is 6.04. The molecule has 0 bridgehead atoms. The van der Waals surface area contributed by atoms with E-state index in [0.717, 1.165) is 11.1 Å². The molecule has 1 aromatic heterocycles. The molecule has 0 radical (unpaired) electrons. The first-order valence-electron chi connectivity index (χ1n) is 8.67. The number of benzene rings is 2. The maximum absolute atomic E-state index is 12.4. The van der Waals surface area contributed by atoms with Crippen LogP contribution in [0.1, 0.15) is 37.5 Å². The van der Waals surface area contributed by atoms with Gasteiger partial charge in [-0.1, -0.05) is 30.3 Å². The number of amides is 2. The summed E-state index contributed by atoms with van der Waals surface area (Å²) in [6.07, 6.45) is 1.42. The van der Waals surface area contributed by atoms with Crippen LogP contribution in [0.25, 0.3) is 0 Å². The van der Waals surface area contributed by atoms with Crippen molar-refractivity contribution in [3.8, 4) is 6.07 Å².